The van der Waals surface area contributed by atoms with E-state index in [1.165, 1.54) is 36.6 Å². The third kappa shape index (κ3) is 4.39. The normalized spacial score (nSPS) is 32.8. The van der Waals surface area contributed by atoms with Gasteiger partial charge >= 0.3 is 0 Å². The third-order valence-corrected chi connectivity index (χ3v) is 5.92. The summed E-state index contributed by atoms with van der Waals surface area (Å²) in [4.78, 5) is 4.83. The maximum atomic E-state index is 5.18. The van der Waals surface area contributed by atoms with Crippen molar-refractivity contribution in [1.29, 1.82) is 0 Å². The van der Waals surface area contributed by atoms with Gasteiger partial charge in [-0.1, -0.05) is 32.5 Å². The molecule has 2 aliphatic rings. The number of ether oxygens (including phenoxy) is 1. The summed E-state index contributed by atoms with van der Waals surface area (Å²) in [5.41, 5.74) is 0.578. The Hall–Kier alpha value is -0.220. The highest BCUT2D eigenvalue weighted by Crippen LogP contribution is 2.38. The van der Waals surface area contributed by atoms with E-state index >= 15 is 0 Å². The lowest BCUT2D eigenvalue weighted by Gasteiger charge is -2.35. The molecule has 1 saturated carbocycles. The minimum absolute atomic E-state index is 0.224. The van der Waals surface area contributed by atoms with Gasteiger partial charge in [-0.15, -0.1) is 0 Å². The van der Waals surface area contributed by atoms with Crippen LogP contribution in [-0.4, -0.2) is 36.7 Å². The van der Waals surface area contributed by atoms with Gasteiger partial charge in [-0.3, -0.25) is 4.99 Å². The Kier molecular flexibility index (Phi) is 5.41. The summed E-state index contributed by atoms with van der Waals surface area (Å²) in [5, 5.41) is 4.91. The van der Waals surface area contributed by atoms with E-state index in [0.717, 1.165) is 25.5 Å². The molecule has 4 heteroatoms. The quantitative estimate of drug-likeness (QED) is 0.840. The molecule has 1 aliphatic heterocycles. The van der Waals surface area contributed by atoms with Crippen LogP contribution in [0.5, 0.6) is 0 Å². The molecule has 1 N–H and O–H groups in total. The fourth-order valence-electron chi connectivity index (χ4n) is 2.92. The smallest absolute Gasteiger partial charge is 0.157 e. The van der Waals surface area contributed by atoms with E-state index < -0.39 is 0 Å². The van der Waals surface area contributed by atoms with Crippen molar-refractivity contribution in [3.8, 4) is 0 Å². The van der Waals surface area contributed by atoms with Gasteiger partial charge in [-0.05, 0) is 43.4 Å². The summed E-state index contributed by atoms with van der Waals surface area (Å²) in [6.07, 6.45) is 6.41. The average molecular weight is 298 g/mol. The molecule has 0 aromatic rings. The van der Waals surface area contributed by atoms with E-state index in [4.69, 9.17) is 9.73 Å². The van der Waals surface area contributed by atoms with E-state index in [1.54, 1.807) is 7.11 Å². The first-order valence-electron chi connectivity index (χ1n) is 7.89. The summed E-state index contributed by atoms with van der Waals surface area (Å²) in [5.74, 6) is 2.11. The van der Waals surface area contributed by atoms with E-state index in [-0.39, 0.29) is 5.41 Å². The highest BCUT2D eigenvalue weighted by molar-refractivity contribution is 8.14. The standard InChI is InChI=1S/C16H30N2OS/c1-13-5-7-16(8-6-13)12-20-14(18-16)17-11-15(2,3)9-10-19-4/h13H,5-12H2,1-4H3,(H,17,18). The second-order valence-corrected chi connectivity index (χ2v) is 8.37. The third-order valence-electron chi connectivity index (χ3n) is 4.72. The molecule has 0 radical (unpaired) electrons. The maximum absolute atomic E-state index is 5.18. The zero-order valence-electron chi connectivity index (χ0n) is 13.5. The van der Waals surface area contributed by atoms with E-state index in [0.29, 0.717) is 5.54 Å². The Morgan fingerprint density at radius 1 is 1.40 bits per heavy atom. The lowest BCUT2D eigenvalue weighted by atomic mass is 9.78. The van der Waals surface area contributed by atoms with Crippen LogP contribution in [0, 0.1) is 11.3 Å². The van der Waals surface area contributed by atoms with Crippen molar-refractivity contribution in [3.05, 3.63) is 0 Å². The largest absolute Gasteiger partial charge is 0.385 e. The number of amidine groups is 1. The first-order chi connectivity index (χ1) is 9.45. The average Bonchev–Trinajstić information content (AvgIpc) is 2.82. The Balaban J connectivity index is 1.84. The maximum Gasteiger partial charge on any atom is 0.157 e. The monoisotopic (exact) mass is 298 g/mol. The van der Waals surface area contributed by atoms with Crippen molar-refractivity contribution < 1.29 is 4.74 Å². The van der Waals surface area contributed by atoms with Gasteiger partial charge in [0, 0.05) is 31.6 Å². The molecule has 0 atom stereocenters. The van der Waals surface area contributed by atoms with Gasteiger partial charge in [0.2, 0.25) is 0 Å². The molecule has 0 amide bonds. The Morgan fingerprint density at radius 3 is 2.75 bits per heavy atom. The molecule has 0 aromatic heterocycles. The molecule has 0 bridgehead atoms. The predicted molar refractivity (Wildman–Crippen MR) is 88.5 cm³/mol. The highest BCUT2D eigenvalue weighted by atomic mass is 32.2. The number of hydrogen-bond acceptors (Lipinski definition) is 3. The molecule has 0 unspecified atom stereocenters. The minimum Gasteiger partial charge on any atom is -0.385 e. The van der Waals surface area contributed by atoms with Crippen molar-refractivity contribution >= 4 is 16.9 Å². The fourth-order valence-corrected chi connectivity index (χ4v) is 4.14. The summed E-state index contributed by atoms with van der Waals surface area (Å²) < 4.78 is 5.18. The second-order valence-electron chi connectivity index (χ2n) is 7.40. The number of methoxy groups -OCH3 is 1. The lowest BCUT2D eigenvalue weighted by Crippen LogP contribution is -2.46. The molecule has 116 valence electrons. The second kappa shape index (κ2) is 6.69. The molecule has 2 fully saturated rings. The summed E-state index contributed by atoms with van der Waals surface area (Å²) in [6.45, 7) is 8.63. The minimum atomic E-state index is 0.224. The van der Waals surface area contributed by atoms with Crippen molar-refractivity contribution in [3.63, 3.8) is 0 Å². The zero-order chi connectivity index (χ0) is 14.6. The molecular weight excluding hydrogens is 268 g/mol. The van der Waals surface area contributed by atoms with Crippen LogP contribution in [0.2, 0.25) is 0 Å². The Bertz CT molecular complexity index is 346. The summed E-state index contributed by atoms with van der Waals surface area (Å²) in [6, 6.07) is 0. The first kappa shape index (κ1) is 16.2. The van der Waals surface area contributed by atoms with Crippen molar-refractivity contribution in [1.82, 2.24) is 5.32 Å². The molecule has 1 saturated heterocycles. The van der Waals surface area contributed by atoms with Gasteiger partial charge < -0.3 is 10.1 Å². The molecule has 0 aromatic carbocycles. The van der Waals surface area contributed by atoms with E-state index in [1.807, 2.05) is 11.8 Å². The van der Waals surface area contributed by atoms with Crippen molar-refractivity contribution in [2.75, 3.05) is 26.0 Å². The van der Waals surface area contributed by atoms with E-state index in [2.05, 4.69) is 26.1 Å². The molecule has 2 rings (SSSR count). The molecule has 1 heterocycles. The number of nitrogens with one attached hydrogen (secondary N) is 1. The van der Waals surface area contributed by atoms with Crippen molar-refractivity contribution in [2.45, 2.75) is 58.4 Å². The summed E-state index contributed by atoms with van der Waals surface area (Å²) in [7, 11) is 1.77. The van der Waals surface area contributed by atoms with Crippen molar-refractivity contribution in [2.24, 2.45) is 16.3 Å². The highest BCUT2D eigenvalue weighted by Gasteiger charge is 2.39. The van der Waals surface area contributed by atoms with Crippen LogP contribution in [0.25, 0.3) is 0 Å². The van der Waals surface area contributed by atoms with Crippen LogP contribution >= 0.6 is 11.8 Å². The lowest BCUT2D eigenvalue weighted by molar-refractivity contribution is 0.155. The molecule has 1 aliphatic carbocycles. The Morgan fingerprint density at radius 2 is 2.10 bits per heavy atom. The topological polar surface area (TPSA) is 33.6 Å². The number of rotatable bonds is 5. The molecule has 1 spiro atoms. The van der Waals surface area contributed by atoms with E-state index in [9.17, 15) is 0 Å². The van der Waals surface area contributed by atoms with Gasteiger partial charge in [-0.2, -0.15) is 0 Å². The van der Waals surface area contributed by atoms with Gasteiger partial charge in [0.05, 0.1) is 0 Å². The number of aliphatic imine (C=N–C) groups is 1. The molecule has 3 nitrogen and oxygen atoms in total. The number of nitrogens with zero attached hydrogens (tertiary/aromatic N) is 1. The molecular formula is C16H30N2OS. The zero-order valence-corrected chi connectivity index (χ0v) is 14.3. The van der Waals surface area contributed by atoms with Crippen LogP contribution in [0.1, 0.15) is 52.9 Å². The van der Waals surface area contributed by atoms with Crippen LogP contribution in [0.3, 0.4) is 0 Å². The summed E-state index contributed by atoms with van der Waals surface area (Å²) >= 11 is 1.92. The van der Waals surface area contributed by atoms with Gasteiger partial charge in [-0.25, -0.2) is 0 Å². The molecule has 20 heavy (non-hydrogen) atoms. The fraction of sp³-hybridized carbons (Fsp3) is 0.938. The van der Waals surface area contributed by atoms with Gasteiger partial charge in [0.1, 0.15) is 0 Å². The van der Waals surface area contributed by atoms with Gasteiger partial charge in [0.25, 0.3) is 0 Å². The predicted octanol–water partition coefficient (Wildman–Crippen LogP) is 3.69. The van der Waals surface area contributed by atoms with Crippen LogP contribution in [0.4, 0.5) is 0 Å². The van der Waals surface area contributed by atoms with Crippen LogP contribution < -0.4 is 5.32 Å². The number of hydrogen-bond donors (Lipinski definition) is 1. The Labute approximate surface area is 128 Å². The van der Waals surface area contributed by atoms with Crippen LogP contribution in [0.15, 0.2) is 4.99 Å². The number of thioether (sulfide) groups is 1. The SMILES string of the molecule is COCCC(C)(C)CN=C1NC2(CCC(C)CC2)CS1. The first-order valence-corrected chi connectivity index (χ1v) is 8.88. The van der Waals surface area contributed by atoms with Gasteiger partial charge in [0.15, 0.2) is 5.17 Å². The van der Waals surface area contributed by atoms with Crippen LogP contribution in [-0.2, 0) is 4.74 Å².